The molecule has 0 aliphatic carbocycles. The highest BCUT2D eigenvalue weighted by Crippen LogP contribution is 2.18. The van der Waals surface area contributed by atoms with E-state index in [-0.39, 0.29) is 11.9 Å². The third-order valence-corrected chi connectivity index (χ3v) is 3.49. The van der Waals surface area contributed by atoms with E-state index in [1.807, 2.05) is 25.1 Å². The van der Waals surface area contributed by atoms with E-state index in [4.69, 9.17) is 4.74 Å². The molecule has 1 rings (SSSR count). The van der Waals surface area contributed by atoms with Crippen LogP contribution >= 0.6 is 15.9 Å². The zero-order valence-corrected chi connectivity index (χ0v) is 13.4. The second-order valence-electron chi connectivity index (χ2n) is 4.88. The zero-order chi connectivity index (χ0) is 14.3. The van der Waals surface area contributed by atoms with Crippen LogP contribution in [0.2, 0.25) is 0 Å². The largest absolute Gasteiger partial charge is 0.493 e. The molecule has 0 saturated heterocycles. The first-order valence-electron chi connectivity index (χ1n) is 6.67. The number of rotatable bonds is 7. The van der Waals surface area contributed by atoms with E-state index in [1.165, 1.54) is 0 Å². The highest BCUT2D eigenvalue weighted by atomic mass is 79.9. The quantitative estimate of drug-likeness (QED) is 0.776. The Labute approximate surface area is 123 Å². The lowest BCUT2D eigenvalue weighted by Crippen LogP contribution is -2.37. The van der Waals surface area contributed by atoms with E-state index >= 15 is 0 Å². The van der Waals surface area contributed by atoms with Gasteiger partial charge in [-0.3, -0.25) is 4.79 Å². The number of ether oxygens (including phenoxy) is 1. The summed E-state index contributed by atoms with van der Waals surface area (Å²) in [7, 11) is 0. The van der Waals surface area contributed by atoms with Crippen molar-refractivity contribution < 1.29 is 9.53 Å². The number of hydrogen-bond donors (Lipinski definition) is 1. The molecule has 0 aliphatic rings. The number of benzene rings is 1. The van der Waals surface area contributed by atoms with E-state index < -0.39 is 0 Å². The van der Waals surface area contributed by atoms with Crippen LogP contribution in [0.5, 0.6) is 5.75 Å². The number of amides is 1. The molecule has 0 aromatic heterocycles. The van der Waals surface area contributed by atoms with E-state index in [0.717, 1.165) is 11.8 Å². The molecule has 0 saturated carbocycles. The maximum Gasteiger partial charge on any atom is 0.255 e. The van der Waals surface area contributed by atoms with Crippen molar-refractivity contribution in [3.8, 4) is 5.75 Å². The topological polar surface area (TPSA) is 38.3 Å². The van der Waals surface area contributed by atoms with Gasteiger partial charge in [0.15, 0.2) is 0 Å². The van der Waals surface area contributed by atoms with Crippen LogP contribution in [-0.4, -0.2) is 23.9 Å². The van der Waals surface area contributed by atoms with Crippen LogP contribution in [0.1, 0.15) is 37.6 Å². The molecule has 1 aromatic rings. The summed E-state index contributed by atoms with van der Waals surface area (Å²) < 4.78 is 5.48. The van der Waals surface area contributed by atoms with Crippen molar-refractivity contribution in [2.45, 2.75) is 33.2 Å². The molecule has 0 bridgehead atoms. The minimum Gasteiger partial charge on any atom is -0.493 e. The molecular formula is C15H22BrNO2. The molecule has 0 heterocycles. The van der Waals surface area contributed by atoms with Crippen molar-refractivity contribution in [2.24, 2.45) is 5.92 Å². The fourth-order valence-electron chi connectivity index (χ4n) is 1.93. The van der Waals surface area contributed by atoms with Gasteiger partial charge in [-0.1, -0.05) is 41.9 Å². The van der Waals surface area contributed by atoms with E-state index in [2.05, 4.69) is 35.1 Å². The lowest BCUT2D eigenvalue weighted by molar-refractivity contribution is 0.0933. The first-order valence-corrected chi connectivity index (χ1v) is 7.79. The van der Waals surface area contributed by atoms with Gasteiger partial charge in [-0.25, -0.2) is 0 Å². The molecule has 0 aliphatic heterocycles. The lowest BCUT2D eigenvalue weighted by atomic mass is 10.0. The molecule has 19 heavy (non-hydrogen) atoms. The van der Waals surface area contributed by atoms with Gasteiger partial charge in [0, 0.05) is 11.4 Å². The fourth-order valence-corrected chi connectivity index (χ4v) is 2.35. The fraction of sp³-hybridized carbons (Fsp3) is 0.533. The average molecular weight is 328 g/mol. The van der Waals surface area contributed by atoms with Crippen LogP contribution in [0.15, 0.2) is 24.3 Å². The molecule has 3 nitrogen and oxygen atoms in total. The van der Waals surface area contributed by atoms with Crippen molar-refractivity contribution in [1.29, 1.82) is 0 Å². The van der Waals surface area contributed by atoms with Crippen molar-refractivity contribution in [1.82, 2.24) is 5.32 Å². The Morgan fingerprint density at radius 2 is 2.05 bits per heavy atom. The Morgan fingerprint density at radius 1 is 1.37 bits per heavy atom. The number of alkyl halides is 1. The predicted molar refractivity (Wildman–Crippen MR) is 82.1 cm³/mol. The summed E-state index contributed by atoms with van der Waals surface area (Å²) in [6.45, 7) is 6.76. The molecule has 0 radical (unpaired) electrons. The normalized spacial score (nSPS) is 12.3. The van der Waals surface area contributed by atoms with E-state index in [0.29, 0.717) is 23.8 Å². The van der Waals surface area contributed by atoms with E-state index in [1.54, 1.807) is 6.07 Å². The minimum atomic E-state index is -0.0749. The lowest BCUT2D eigenvalue weighted by Gasteiger charge is -2.19. The number of halogens is 1. The van der Waals surface area contributed by atoms with Gasteiger partial charge in [0.1, 0.15) is 5.75 Å². The molecule has 106 valence electrons. The Bertz CT molecular complexity index is 407. The molecule has 1 N–H and O–H groups in total. The smallest absolute Gasteiger partial charge is 0.255 e. The number of para-hydroxylation sites is 1. The Balaban J connectivity index is 2.76. The highest BCUT2D eigenvalue weighted by Gasteiger charge is 2.17. The summed E-state index contributed by atoms with van der Waals surface area (Å²) >= 11 is 3.45. The number of hydrogen-bond acceptors (Lipinski definition) is 2. The maximum absolute atomic E-state index is 12.3. The Hall–Kier alpha value is -1.03. The van der Waals surface area contributed by atoms with Gasteiger partial charge < -0.3 is 10.1 Å². The van der Waals surface area contributed by atoms with Gasteiger partial charge in [0.05, 0.1) is 12.2 Å². The maximum atomic E-state index is 12.3. The summed E-state index contributed by atoms with van der Waals surface area (Å²) in [6.07, 6.45) is 0.952. The highest BCUT2D eigenvalue weighted by molar-refractivity contribution is 9.09. The van der Waals surface area contributed by atoms with Crippen LogP contribution in [0, 0.1) is 5.92 Å². The molecule has 1 aromatic carbocycles. The molecule has 0 fully saturated rings. The Kier molecular flexibility index (Phi) is 6.92. The number of carbonyl (C=O) groups excluding carboxylic acids is 1. The van der Waals surface area contributed by atoms with Gasteiger partial charge in [-0.05, 0) is 31.4 Å². The van der Waals surface area contributed by atoms with Gasteiger partial charge in [0.25, 0.3) is 5.91 Å². The van der Waals surface area contributed by atoms with Crippen LogP contribution in [-0.2, 0) is 0 Å². The molecule has 1 unspecified atom stereocenters. The summed E-state index contributed by atoms with van der Waals surface area (Å²) in [6, 6.07) is 7.48. The molecule has 1 amide bonds. The third kappa shape index (κ3) is 5.23. The molecule has 4 heteroatoms. The van der Waals surface area contributed by atoms with Crippen molar-refractivity contribution in [3.63, 3.8) is 0 Å². The summed E-state index contributed by atoms with van der Waals surface area (Å²) in [5.41, 5.74) is 0.596. The third-order valence-electron chi connectivity index (χ3n) is 2.71. The second kappa shape index (κ2) is 8.20. The van der Waals surface area contributed by atoms with E-state index in [9.17, 15) is 4.79 Å². The summed E-state index contributed by atoms with van der Waals surface area (Å²) in [5.74, 6) is 1.11. The Morgan fingerprint density at radius 3 is 2.63 bits per heavy atom. The zero-order valence-electron chi connectivity index (χ0n) is 11.8. The summed E-state index contributed by atoms with van der Waals surface area (Å²) in [4.78, 5) is 12.3. The van der Waals surface area contributed by atoms with Gasteiger partial charge in [-0.15, -0.1) is 0 Å². The minimum absolute atomic E-state index is 0.0749. The first-order chi connectivity index (χ1) is 9.08. The SMILES string of the molecule is CCOc1ccccc1C(=O)NC(CBr)CC(C)C. The summed E-state index contributed by atoms with van der Waals surface area (Å²) in [5, 5.41) is 3.80. The van der Waals surface area contributed by atoms with Crippen LogP contribution in [0.3, 0.4) is 0 Å². The predicted octanol–water partition coefficient (Wildman–Crippen LogP) is 3.62. The molecular weight excluding hydrogens is 306 g/mol. The van der Waals surface area contributed by atoms with Gasteiger partial charge >= 0.3 is 0 Å². The van der Waals surface area contributed by atoms with Crippen molar-refractivity contribution >= 4 is 21.8 Å². The average Bonchev–Trinajstić information content (AvgIpc) is 2.38. The van der Waals surface area contributed by atoms with Crippen LogP contribution in [0.4, 0.5) is 0 Å². The first kappa shape index (κ1) is 16.0. The standard InChI is InChI=1S/C15H22BrNO2/c1-4-19-14-8-6-5-7-13(14)15(18)17-12(10-16)9-11(2)3/h5-8,11-12H,4,9-10H2,1-3H3,(H,17,18). The molecule has 1 atom stereocenters. The van der Waals surface area contributed by atoms with Crippen LogP contribution < -0.4 is 10.1 Å². The van der Waals surface area contributed by atoms with Crippen molar-refractivity contribution in [3.05, 3.63) is 29.8 Å². The number of nitrogens with one attached hydrogen (secondary N) is 1. The molecule has 0 spiro atoms. The van der Waals surface area contributed by atoms with Crippen LogP contribution in [0.25, 0.3) is 0 Å². The second-order valence-corrected chi connectivity index (χ2v) is 5.53. The monoisotopic (exact) mass is 327 g/mol. The van der Waals surface area contributed by atoms with Gasteiger partial charge in [-0.2, -0.15) is 0 Å². The van der Waals surface area contributed by atoms with Crippen molar-refractivity contribution in [2.75, 3.05) is 11.9 Å². The van der Waals surface area contributed by atoms with Gasteiger partial charge in [0.2, 0.25) is 0 Å². The number of carbonyl (C=O) groups is 1.